The Bertz CT molecular complexity index is 2160. The molecule has 2 aromatic rings. The number of nitrogens with one attached hydrogen (secondary N) is 1. The summed E-state index contributed by atoms with van der Waals surface area (Å²) in [5.41, 5.74) is -0.842. The third-order valence-corrected chi connectivity index (χ3v) is 11.9. The van der Waals surface area contributed by atoms with Crippen LogP contribution in [0.4, 0.5) is 26.7 Å². The number of aromatic nitrogens is 2. The first-order valence-corrected chi connectivity index (χ1v) is 22.8. The molecule has 0 radical (unpaired) electrons. The smallest absolute Gasteiger partial charge is 0.475 e. The van der Waals surface area contributed by atoms with Gasteiger partial charge in [0.05, 0.1) is 37.7 Å². The summed E-state index contributed by atoms with van der Waals surface area (Å²) in [5.74, 6) is -3.06. The molecule has 374 valence electrons. The van der Waals surface area contributed by atoms with Crippen LogP contribution in [0, 0.1) is 0 Å². The maximum Gasteiger partial charge on any atom is 0.490 e. The summed E-state index contributed by atoms with van der Waals surface area (Å²) in [5, 5.41) is 37.1. The molecule has 2 aliphatic heterocycles. The van der Waals surface area contributed by atoms with Crippen molar-refractivity contribution in [1.29, 1.82) is 0 Å². The van der Waals surface area contributed by atoms with Gasteiger partial charge in [0.15, 0.2) is 0 Å². The van der Waals surface area contributed by atoms with Gasteiger partial charge in [0.2, 0.25) is 25.9 Å². The molecular weight excluding hydrogens is 957 g/mol. The molecule has 0 aliphatic carbocycles. The fraction of sp³-hybridized carbons (Fsp3) is 0.564. The van der Waals surface area contributed by atoms with Crippen molar-refractivity contribution >= 4 is 49.7 Å². The maximum atomic E-state index is 13.1. The molecular formula is C39H55ClF5N5O14S2. The third-order valence-electron chi connectivity index (χ3n) is 8.03. The van der Waals surface area contributed by atoms with Crippen molar-refractivity contribution in [2.75, 3.05) is 45.9 Å². The zero-order valence-electron chi connectivity index (χ0n) is 36.8. The molecule has 2 aromatic heterocycles. The highest BCUT2D eigenvalue weighted by Gasteiger charge is 2.38. The van der Waals surface area contributed by atoms with Crippen molar-refractivity contribution in [2.24, 2.45) is 0 Å². The number of hydrogen-bond donors (Lipinski definition) is 5. The van der Waals surface area contributed by atoms with Crippen molar-refractivity contribution in [3.8, 4) is 5.88 Å². The molecule has 0 bridgehead atoms. The number of ether oxygens (including phenoxy) is 3. The Labute approximate surface area is 384 Å². The lowest BCUT2D eigenvalue weighted by Crippen LogP contribution is -2.33. The van der Waals surface area contributed by atoms with Crippen LogP contribution < -0.4 is 10.1 Å². The van der Waals surface area contributed by atoms with Gasteiger partial charge in [-0.25, -0.2) is 45.2 Å². The van der Waals surface area contributed by atoms with Crippen LogP contribution in [0.15, 0.2) is 70.3 Å². The van der Waals surface area contributed by atoms with Gasteiger partial charge in [0.1, 0.15) is 32.8 Å². The second kappa shape index (κ2) is 26.7. The number of hydrogen-bond acceptors (Lipinski definition) is 15. The number of halogens is 6. The predicted molar refractivity (Wildman–Crippen MR) is 226 cm³/mol. The quantitative estimate of drug-likeness (QED) is 0.104. The Balaban J connectivity index is 0.000000496. The molecule has 2 aliphatic rings. The van der Waals surface area contributed by atoms with E-state index >= 15 is 0 Å². The number of β-amino-alcohol motifs (C(OH)–C–C–N with tert-alkyl or cyclic N) is 2. The van der Waals surface area contributed by atoms with Gasteiger partial charge in [-0.15, -0.1) is 0 Å². The van der Waals surface area contributed by atoms with Crippen molar-refractivity contribution in [2.45, 2.75) is 107 Å². The first-order valence-electron chi connectivity index (χ1n) is 19.6. The van der Waals surface area contributed by atoms with E-state index in [4.69, 9.17) is 40.8 Å². The molecule has 0 spiro atoms. The number of amides is 1. The summed E-state index contributed by atoms with van der Waals surface area (Å²) in [6.45, 7) is 10.6. The van der Waals surface area contributed by atoms with E-state index in [2.05, 4.69) is 15.3 Å². The van der Waals surface area contributed by atoms with E-state index in [-0.39, 0.29) is 83.9 Å². The lowest BCUT2D eigenvalue weighted by molar-refractivity contribution is -0.192. The van der Waals surface area contributed by atoms with Crippen molar-refractivity contribution in [1.82, 2.24) is 23.9 Å². The molecule has 1 amide bonds. The van der Waals surface area contributed by atoms with Crippen LogP contribution in [0.2, 0.25) is 5.15 Å². The Kier molecular flexibility index (Phi) is 24.0. The number of esters is 1. The van der Waals surface area contributed by atoms with Crippen molar-refractivity contribution in [3.63, 3.8) is 0 Å². The van der Waals surface area contributed by atoms with Gasteiger partial charge in [0.25, 0.3) is 0 Å². The summed E-state index contributed by atoms with van der Waals surface area (Å²) in [6.07, 6.45) is -2.91. The summed E-state index contributed by atoms with van der Waals surface area (Å²) in [6, 6.07) is 5.57. The van der Waals surface area contributed by atoms with Crippen LogP contribution in [-0.2, 0) is 39.1 Å². The fourth-order valence-electron chi connectivity index (χ4n) is 4.88. The van der Waals surface area contributed by atoms with E-state index in [1.54, 1.807) is 41.5 Å². The summed E-state index contributed by atoms with van der Waals surface area (Å²) in [4.78, 5) is 39.4. The number of aliphatic carboxylic acids is 1. The second-order valence-electron chi connectivity index (χ2n) is 16.0. The minimum atomic E-state index is -5.08. The topological polar surface area (TPSA) is 272 Å². The zero-order valence-corrected chi connectivity index (χ0v) is 39.2. The van der Waals surface area contributed by atoms with E-state index in [0.29, 0.717) is 25.7 Å². The largest absolute Gasteiger partial charge is 0.490 e. The monoisotopic (exact) mass is 1010 g/mol. The molecule has 19 nitrogen and oxygen atoms in total. The summed E-state index contributed by atoms with van der Waals surface area (Å²) < 4.78 is 124. The molecule has 0 saturated carbocycles. The average molecular weight is 1010 g/mol. The van der Waals surface area contributed by atoms with Crippen LogP contribution in [0.1, 0.15) is 67.2 Å². The van der Waals surface area contributed by atoms with Gasteiger partial charge in [-0.3, -0.25) is 4.79 Å². The Morgan fingerprint density at radius 1 is 0.803 bits per heavy atom. The molecule has 4 rings (SSSR count). The molecule has 66 heavy (non-hydrogen) atoms. The third kappa shape index (κ3) is 22.8. The lowest BCUT2D eigenvalue weighted by atomic mass is 10.1. The minimum Gasteiger partial charge on any atom is -0.475 e. The first-order chi connectivity index (χ1) is 30.3. The normalized spacial score (nSPS) is 17.5. The number of carbonyl (C=O) groups is 3. The van der Waals surface area contributed by atoms with E-state index in [9.17, 15) is 58.6 Å². The van der Waals surface area contributed by atoms with Crippen LogP contribution in [-0.4, -0.2) is 149 Å². The molecule has 4 heterocycles. The second-order valence-corrected chi connectivity index (χ2v) is 20.2. The number of aliphatic hydroxyl groups is 3. The zero-order chi connectivity index (χ0) is 50.7. The van der Waals surface area contributed by atoms with E-state index < -0.39 is 74.3 Å². The minimum absolute atomic E-state index is 0.00914. The van der Waals surface area contributed by atoms with Gasteiger partial charge in [-0.05, 0) is 84.6 Å². The SMILES string of the molecule is CC(C)(C)OC(=O)CC/C(=C\F)COc1ccc(S(=O)(=O)N2CC[C@H](O)C2)cn1.CC(C)(C)OC(=O)NC/C(=C\F)CO.O=C(O)C(F)(F)F.O=S(=O)(c1ccc(Cl)nc1)N1CC[C@H](O)C1. The number of nitrogens with zero attached hydrogens (tertiary/aromatic N) is 4. The van der Waals surface area contributed by atoms with Gasteiger partial charge in [0, 0.05) is 57.0 Å². The highest BCUT2D eigenvalue weighted by molar-refractivity contribution is 7.89. The fourth-order valence-corrected chi connectivity index (χ4v) is 7.87. The van der Waals surface area contributed by atoms with Crippen LogP contribution in [0.5, 0.6) is 5.88 Å². The summed E-state index contributed by atoms with van der Waals surface area (Å²) >= 11 is 5.59. The molecule has 27 heteroatoms. The van der Waals surface area contributed by atoms with Gasteiger partial charge >= 0.3 is 24.2 Å². The van der Waals surface area contributed by atoms with Crippen LogP contribution in [0.3, 0.4) is 0 Å². The first kappa shape index (κ1) is 59.4. The van der Waals surface area contributed by atoms with E-state index in [0.717, 1.165) is 6.20 Å². The summed E-state index contributed by atoms with van der Waals surface area (Å²) in [7, 11) is -7.26. The Morgan fingerprint density at radius 2 is 1.27 bits per heavy atom. The number of carboxylic acid groups (broad SMARTS) is 1. The van der Waals surface area contributed by atoms with Crippen molar-refractivity contribution < 1.29 is 87.8 Å². The number of alkyl carbamates (subject to hydrolysis) is 1. The predicted octanol–water partition coefficient (Wildman–Crippen LogP) is 4.67. The lowest BCUT2D eigenvalue weighted by Gasteiger charge is -2.19. The maximum absolute atomic E-state index is 13.1. The van der Waals surface area contributed by atoms with Gasteiger partial charge in [-0.2, -0.15) is 21.8 Å². The number of aliphatic hydroxyl groups excluding tert-OH is 3. The molecule has 0 unspecified atom stereocenters. The molecule has 0 aromatic carbocycles. The number of alkyl halides is 3. The average Bonchev–Trinajstić information content (AvgIpc) is 3.87. The highest BCUT2D eigenvalue weighted by atomic mass is 35.5. The van der Waals surface area contributed by atoms with Crippen molar-refractivity contribution in [3.05, 3.63) is 65.6 Å². The number of carboxylic acids is 1. The van der Waals surface area contributed by atoms with Crippen LogP contribution >= 0.6 is 11.6 Å². The Hall–Kier alpha value is -4.57. The number of rotatable bonds is 13. The standard InChI is InChI=1S/C19H27FN2O6S.C9H11ClN2O3S.C9H16FNO3.C2HF3O2/c1-19(2,3)28-18(24)7-4-14(10-20)13-27-17-6-5-16(11-21-17)29(25,26)22-9-8-15(23)12-22;10-9-2-1-8(5-11-9)16(14,15)12-4-3-7(13)6-12;1-9(2,3)14-8(13)11-5-7(4-10)6-12;3-2(4,5)1(6)7/h5-6,10-11,15,23H,4,7-9,12-13H2,1-3H3;1-2,5,7,13H,3-4,6H2;4,12H,5-6H2,1-3H3,(H,11,13);(H,6,7)/b14-10+;;7-4+;/t15-;7-;;/m00../s1. The number of pyridine rings is 2. The van der Waals surface area contributed by atoms with E-state index in [1.165, 1.54) is 39.1 Å². The highest BCUT2D eigenvalue weighted by Crippen LogP contribution is 2.23. The van der Waals surface area contributed by atoms with Crippen LogP contribution in [0.25, 0.3) is 0 Å². The van der Waals surface area contributed by atoms with E-state index in [1.807, 2.05) is 0 Å². The Morgan fingerprint density at radius 3 is 1.62 bits per heavy atom. The molecule has 2 saturated heterocycles. The number of sulfonamides is 2. The molecule has 2 fully saturated rings. The number of carbonyl (C=O) groups excluding carboxylic acids is 2. The van der Waals surface area contributed by atoms with Gasteiger partial charge < -0.3 is 40.0 Å². The van der Waals surface area contributed by atoms with Gasteiger partial charge in [-0.1, -0.05) is 11.6 Å². The molecule has 2 atom stereocenters. The molecule has 5 N–H and O–H groups in total.